The zero-order valence-corrected chi connectivity index (χ0v) is 21.8. The second-order valence-electron chi connectivity index (χ2n) is 14.1. The van der Waals surface area contributed by atoms with Crippen LogP contribution in [-0.2, 0) is 5.41 Å². The van der Waals surface area contributed by atoms with Crippen LogP contribution in [0.25, 0.3) is 10.2 Å². The number of aromatic nitrogens is 1. The highest BCUT2D eigenvalue weighted by atomic mass is 32.1. The highest BCUT2D eigenvalue weighted by Gasteiger charge is 2.54. The number of hydrogen-bond acceptors (Lipinski definition) is 4. The quantitative estimate of drug-likeness (QED) is 0.503. The number of anilines is 1. The molecule has 8 saturated carbocycles. The van der Waals surface area contributed by atoms with Crippen molar-refractivity contribution in [2.45, 2.75) is 95.4 Å². The van der Waals surface area contributed by atoms with Crippen molar-refractivity contribution in [1.29, 1.82) is 0 Å². The molecule has 0 spiro atoms. The molecule has 4 nitrogen and oxygen atoms in total. The van der Waals surface area contributed by atoms with Gasteiger partial charge >= 0.3 is 0 Å². The fourth-order valence-electron chi connectivity index (χ4n) is 11.0. The van der Waals surface area contributed by atoms with Gasteiger partial charge in [0.25, 0.3) is 5.91 Å². The normalized spacial score (nSPS) is 43.7. The predicted molar refractivity (Wildman–Crippen MR) is 141 cm³/mol. The van der Waals surface area contributed by atoms with Gasteiger partial charge < -0.3 is 11.1 Å². The van der Waals surface area contributed by atoms with Crippen LogP contribution in [0.15, 0.2) is 12.1 Å². The molecule has 8 aliphatic rings. The Balaban J connectivity index is 1.07. The highest BCUT2D eigenvalue weighted by Crippen LogP contribution is 2.62. The first-order chi connectivity index (χ1) is 16.9. The van der Waals surface area contributed by atoms with Gasteiger partial charge in [0.1, 0.15) is 9.71 Å². The van der Waals surface area contributed by atoms with Gasteiger partial charge in [-0.2, -0.15) is 0 Å². The van der Waals surface area contributed by atoms with Crippen LogP contribution in [-0.4, -0.2) is 16.9 Å². The van der Waals surface area contributed by atoms with Crippen molar-refractivity contribution in [3.63, 3.8) is 0 Å². The number of rotatable bonds is 4. The third kappa shape index (κ3) is 3.15. The summed E-state index contributed by atoms with van der Waals surface area (Å²) in [6, 6.07) is 4.63. The van der Waals surface area contributed by atoms with Crippen molar-refractivity contribution < 1.29 is 4.79 Å². The number of thiophene rings is 1. The molecule has 0 aromatic carbocycles. The Morgan fingerprint density at radius 3 is 1.97 bits per heavy atom. The molecule has 186 valence electrons. The monoisotopic (exact) mass is 489 g/mol. The molecular weight excluding hydrogens is 450 g/mol. The lowest BCUT2D eigenvalue weighted by atomic mass is 9.48. The van der Waals surface area contributed by atoms with Crippen LogP contribution < -0.4 is 11.1 Å². The molecule has 35 heavy (non-hydrogen) atoms. The van der Waals surface area contributed by atoms with Gasteiger partial charge in [-0.15, -0.1) is 11.3 Å². The van der Waals surface area contributed by atoms with Crippen molar-refractivity contribution >= 4 is 33.1 Å². The Kier molecular flexibility index (Phi) is 4.44. The summed E-state index contributed by atoms with van der Waals surface area (Å²) < 4.78 is 0. The van der Waals surface area contributed by atoms with Gasteiger partial charge in [-0.25, -0.2) is 4.98 Å². The molecule has 8 aliphatic carbocycles. The van der Waals surface area contributed by atoms with E-state index in [1.54, 1.807) is 0 Å². The van der Waals surface area contributed by atoms with Crippen LogP contribution in [0.5, 0.6) is 0 Å². The molecule has 1 unspecified atom stereocenters. The van der Waals surface area contributed by atoms with E-state index in [2.05, 4.69) is 24.4 Å². The molecule has 2 aromatic heterocycles. The molecule has 8 fully saturated rings. The van der Waals surface area contributed by atoms with E-state index in [1.807, 2.05) is 0 Å². The average Bonchev–Trinajstić information content (AvgIpc) is 3.13. The third-order valence-corrected chi connectivity index (χ3v) is 12.8. The molecule has 3 N–H and O–H groups in total. The molecule has 0 radical (unpaired) electrons. The molecule has 0 saturated heterocycles. The molecule has 2 aromatic rings. The van der Waals surface area contributed by atoms with Gasteiger partial charge in [-0.3, -0.25) is 4.79 Å². The maximum Gasteiger partial charge on any atom is 0.263 e. The van der Waals surface area contributed by atoms with E-state index in [9.17, 15) is 4.79 Å². The number of amides is 1. The number of carbonyl (C=O) groups is 1. The molecule has 0 aliphatic heterocycles. The minimum atomic E-state index is 0.0186. The lowest BCUT2D eigenvalue weighted by Gasteiger charge is -2.59. The zero-order valence-electron chi connectivity index (χ0n) is 21.0. The second-order valence-corrected chi connectivity index (χ2v) is 15.1. The van der Waals surface area contributed by atoms with E-state index in [0.717, 1.165) is 45.7 Å². The topological polar surface area (TPSA) is 68.0 Å². The van der Waals surface area contributed by atoms with Gasteiger partial charge in [-0.1, -0.05) is 0 Å². The number of pyridine rings is 1. The largest absolute Gasteiger partial charge is 0.397 e. The first-order valence-corrected chi connectivity index (χ1v) is 15.2. The van der Waals surface area contributed by atoms with Gasteiger partial charge in [0, 0.05) is 22.5 Å². The van der Waals surface area contributed by atoms with Crippen LogP contribution in [0, 0.1) is 40.9 Å². The van der Waals surface area contributed by atoms with Crippen LogP contribution in [0.3, 0.4) is 0 Å². The van der Waals surface area contributed by atoms with Crippen molar-refractivity contribution in [2.75, 3.05) is 5.73 Å². The maximum atomic E-state index is 13.5. The number of nitrogen functional groups attached to an aromatic ring is 1. The summed E-state index contributed by atoms with van der Waals surface area (Å²) in [4.78, 5) is 20.4. The average molecular weight is 490 g/mol. The number of nitrogens with two attached hydrogens (primary N) is 1. The van der Waals surface area contributed by atoms with Gasteiger partial charge in [0.2, 0.25) is 0 Å². The van der Waals surface area contributed by atoms with Gasteiger partial charge in [0.15, 0.2) is 0 Å². The van der Waals surface area contributed by atoms with Gasteiger partial charge in [0.05, 0.1) is 5.69 Å². The summed E-state index contributed by atoms with van der Waals surface area (Å²) >= 11 is 1.52. The Bertz CT molecular complexity index is 1140. The van der Waals surface area contributed by atoms with Crippen molar-refractivity contribution in [3.8, 4) is 0 Å². The lowest BCUT2D eigenvalue weighted by Crippen LogP contribution is -2.55. The molecule has 2 heterocycles. The van der Waals surface area contributed by atoms with Crippen molar-refractivity contribution in [3.05, 3.63) is 22.7 Å². The molecule has 5 heteroatoms. The summed E-state index contributed by atoms with van der Waals surface area (Å²) in [7, 11) is 0. The smallest absolute Gasteiger partial charge is 0.263 e. The summed E-state index contributed by atoms with van der Waals surface area (Å²) in [6.45, 7) is 2.26. The van der Waals surface area contributed by atoms with E-state index in [-0.39, 0.29) is 17.4 Å². The van der Waals surface area contributed by atoms with Crippen LogP contribution in [0.4, 0.5) is 5.69 Å². The molecule has 8 bridgehead atoms. The third-order valence-electron chi connectivity index (χ3n) is 11.7. The fourth-order valence-corrected chi connectivity index (χ4v) is 12.0. The molecule has 10 rings (SSSR count). The van der Waals surface area contributed by atoms with E-state index < -0.39 is 0 Å². The Labute approximate surface area is 212 Å². The Morgan fingerprint density at radius 2 is 1.43 bits per heavy atom. The van der Waals surface area contributed by atoms with Gasteiger partial charge in [-0.05, 0) is 137 Å². The summed E-state index contributed by atoms with van der Waals surface area (Å²) in [5.74, 6) is 5.40. The fraction of sp³-hybridized carbons (Fsp3) is 0.733. The van der Waals surface area contributed by atoms with E-state index in [1.165, 1.54) is 94.1 Å². The highest BCUT2D eigenvalue weighted by molar-refractivity contribution is 7.21. The first kappa shape index (κ1) is 21.5. The van der Waals surface area contributed by atoms with Crippen molar-refractivity contribution in [1.82, 2.24) is 10.3 Å². The number of nitrogens with zero attached hydrogens (tertiary/aromatic N) is 1. The SMILES string of the molecule is CC(NC(=O)c1sc2nc(C34CC5CC(CC(C5)C3)C4)ccc2c1N)C12CC3CC(CC(C3)C1)C2. The molecular formula is C30H39N3OS. The number of hydrogen-bond donors (Lipinski definition) is 2. The van der Waals surface area contributed by atoms with E-state index in [0.29, 0.717) is 16.0 Å². The minimum Gasteiger partial charge on any atom is -0.397 e. The number of carbonyl (C=O) groups excluding carboxylic acids is 1. The van der Waals surface area contributed by atoms with E-state index >= 15 is 0 Å². The lowest BCUT2D eigenvalue weighted by molar-refractivity contribution is -0.0687. The Morgan fingerprint density at radius 1 is 0.914 bits per heavy atom. The summed E-state index contributed by atoms with van der Waals surface area (Å²) in [5.41, 5.74) is 9.07. The number of nitrogens with one attached hydrogen (secondary N) is 1. The summed E-state index contributed by atoms with van der Waals surface area (Å²) in [6.07, 6.45) is 16.5. The molecule has 1 amide bonds. The van der Waals surface area contributed by atoms with Crippen LogP contribution in [0.2, 0.25) is 0 Å². The summed E-state index contributed by atoms with van der Waals surface area (Å²) in [5, 5.41) is 4.41. The minimum absolute atomic E-state index is 0.0186. The van der Waals surface area contributed by atoms with E-state index in [4.69, 9.17) is 10.7 Å². The van der Waals surface area contributed by atoms with Crippen molar-refractivity contribution in [2.24, 2.45) is 40.9 Å². The standard InChI is InChI=1S/C30H39N3OS/c1-16(29-10-17-4-18(11-29)6-19(5-17)12-29)32-27(34)26-25(31)23-2-3-24(33-28(23)35-26)30-13-20-7-21(14-30)9-22(8-20)15-30/h2-3,16-22H,4-15,31H2,1H3,(H,32,34). The predicted octanol–water partition coefficient (Wildman–Crippen LogP) is 6.68. The van der Waals surface area contributed by atoms with Crippen LogP contribution >= 0.6 is 11.3 Å². The zero-order chi connectivity index (χ0) is 23.5. The first-order valence-electron chi connectivity index (χ1n) is 14.4. The maximum absolute atomic E-state index is 13.5. The number of fused-ring (bicyclic) bond motifs is 1. The molecule has 1 atom stereocenters. The Hall–Kier alpha value is -1.62. The second kappa shape index (κ2) is 7.24. The van der Waals surface area contributed by atoms with Crippen LogP contribution in [0.1, 0.15) is 99.3 Å².